The molecule has 1 heterocycles. The maximum Gasteiger partial charge on any atom is 0.123 e. The van der Waals surface area contributed by atoms with Gasteiger partial charge in [-0.1, -0.05) is 35.3 Å². The molecule has 0 amide bonds. The van der Waals surface area contributed by atoms with Gasteiger partial charge in [-0.15, -0.1) is 11.3 Å². The molecule has 0 radical (unpaired) electrons. The van der Waals surface area contributed by atoms with Crippen LogP contribution in [0.15, 0.2) is 30.3 Å². The Morgan fingerprint density at radius 2 is 2.00 bits per heavy atom. The summed E-state index contributed by atoms with van der Waals surface area (Å²) in [6.45, 7) is 0. The van der Waals surface area contributed by atoms with Crippen molar-refractivity contribution in [3.05, 3.63) is 55.9 Å². The first-order valence-electron chi connectivity index (χ1n) is 4.46. The van der Waals surface area contributed by atoms with Gasteiger partial charge in [0.05, 0.1) is 4.34 Å². The van der Waals surface area contributed by atoms with E-state index in [4.69, 9.17) is 23.2 Å². The van der Waals surface area contributed by atoms with Gasteiger partial charge in [-0.25, -0.2) is 4.39 Å². The zero-order valence-corrected chi connectivity index (χ0v) is 10.3. The van der Waals surface area contributed by atoms with Gasteiger partial charge in [0.1, 0.15) is 16.3 Å². The first-order chi connectivity index (χ1) is 7.58. The summed E-state index contributed by atoms with van der Waals surface area (Å²) in [5.41, 5.74) is 0.957. The Labute approximate surface area is 106 Å². The summed E-state index contributed by atoms with van der Waals surface area (Å²) in [4.78, 5) is 0. The van der Waals surface area contributed by atoms with Crippen molar-refractivity contribution >= 4 is 34.5 Å². The van der Waals surface area contributed by atoms with E-state index < -0.39 is 11.9 Å². The minimum Gasteiger partial charge on any atom is -0.384 e. The van der Waals surface area contributed by atoms with Crippen LogP contribution in [0.2, 0.25) is 8.67 Å². The average molecular weight is 277 g/mol. The van der Waals surface area contributed by atoms with Crippen LogP contribution in [-0.2, 0) is 0 Å². The number of aliphatic hydroxyl groups excluding tert-OH is 1. The monoisotopic (exact) mass is 276 g/mol. The van der Waals surface area contributed by atoms with Gasteiger partial charge in [0.25, 0.3) is 0 Å². The average Bonchev–Trinajstić information content (AvgIpc) is 2.57. The van der Waals surface area contributed by atoms with Crippen LogP contribution in [0.5, 0.6) is 0 Å². The molecule has 0 saturated carbocycles. The normalized spacial score (nSPS) is 12.8. The first-order valence-corrected chi connectivity index (χ1v) is 6.03. The van der Waals surface area contributed by atoms with Gasteiger partial charge < -0.3 is 5.11 Å². The Bertz CT molecular complexity index is 512. The molecule has 1 unspecified atom stereocenters. The van der Waals surface area contributed by atoms with Crippen molar-refractivity contribution in [2.24, 2.45) is 0 Å². The van der Waals surface area contributed by atoms with Crippen molar-refractivity contribution in [3.8, 4) is 0 Å². The summed E-state index contributed by atoms with van der Waals surface area (Å²) in [7, 11) is 0. The highest BCUT2D eigenvalue weighted by Gasteiger charge is 2.17. The fourth-order valence-corrected chi connectivity index (χ4v) is 2.92. The molecule has 0 aliphatic rings. The van der Waals surface area contributed by atoms with E-state index in [0.29, 0.717) is 19.8 Å². The lowest BCUT2D eigenvalue weighted by Crippen LogP contribution is -1.98. The van der Waals surface area contributed by atoms with Crippen LogP contribution < -0.4 is 0 Å². The van der Waals surface area contributed by atoms with Gasteiger partial charge in [0.15, 0.2) is 0 Å². The second-order valence-electron chi connectivity index (χ2n) is 3.24. The van der Waals surface area contributed by atoms with E-state index >= 15 is 0 Å². The van der Waals surface area contributed by atoms with E-state index in [1.165, 1.54) is 29.5 Å². The Morgan fingerprint density at radius 1 is 1.25 bits per heavy atom. The van der Waals surface area contributed by atoms with Gasteiger partial charge in [0, 0.05) is 5.56 Å². The highest BCUT2D eigenvalue weighted by Crippen LogP contribution is 2.37. The maximum absolute atomic E-state index is 13.0. The Kier molecular flexibility index (Phi) is 3.50. The molecule has 1 aromatic heterocycles. The molecule has 2 aromatic rings. The number of hydrogen-bond donors (Lipinski definition) is 1. The third-order valence-corrected chi connectivity index (χ3v) is 3.66. The molecule has 0 saturated heterocycles. The first kappa shape index (κ1) is 11.9. The zero-order chi connectivity index (χ0) is 11.7. The molecule has 5 heteroatoms. The highest BCUT2D eigenvalue weighted by molar-refractivity contribution is 7.20. The van der Waals surface area contributed by atoms with Gasteiger partial charge in [-0.05, 0) is 23.8 Å². The van der Waals surface area contributed by atoms with Gasteiger partial charge >= 0.3 is 0 Å². The van der Waals surface area contributed by atoms with Crippen LogP contribution in [0.3, 0.4) is 0 Å². The van der Waals surface area contributed by atoms with Crippen molar-refractivity contribution in [3.63, 3.8) is 0 Å². The topological polar surface area (TPSA) is 20.2 Å². The van der Waals surface area contributed by atoms with E-state index in [2.05, 4.69) is 0 Å². The van der Waals surface area contributed by atoms with Crippen LogP contribution >= 0.6 is 34.5 Å². The number of benzene rings is 1. The Balaban J connectivity index is 2.38. The molecule has 1 aromatic carbocycles. The molecule has 0 fully saturated rings. The summed E-state index contributed by atoms with van der Waals surface area (Å²) >= 11 is 12.9. The number of aliphatic hydroxyl groups is 1. The van der Waals surface area contributed by atoms with E-state index in [9.17, 15) is 9.50 Å². The largest absolute Gasteiger partial charge is 0.384 e. The Hall–Kier alpha value is -0.610. The molecular weight excluding hydrogens is 270 g/mol. The molecule has 0 spiro atoms. The standard InChI is InChI=1S/C11H7Cl2FOS/c12-9-5-8(11(13)16-9)10(15)6-2-1-3-7(14)4-6/h1-5,10,15H. The fraction of sp³-hybridized carbons (Fsp3) is 0.0909. The minimum atomic E-state index is -0.952. The molecule has 0 bridgehead atoms. The van der Waals surface area contributed by atoms with Crippen LogP contribution in [0.25, 0.3) is 0 Å². The van der Waals surface area contributed by atoms with Crippen LogP contribution in [0.1, 0.15) is 17.2 Å². The van der Waals surface area contributed by atoms with Gasteiger partial charge in [-0.3, -0.25) is 0 Å². The van der Waals surface area contributed by atoms with Crippen molar-refractivity contribution in [2.45, 2.75) is 6.10 Å². The third-order valence-electron chi connectivity index (χ3n) is 2.14. The third kappa shape index (κ3) is 2.38. The number of thiophene rings is 1. The van der Waals surface area contributed by atoms with Crippen molar-refractivity contribution in [2.75, 3.05) is 0 Å². The van der Waals surface area contributed by atoms with E-state index in [-0.39, 0.29) is 0 Å². The SMILES string of the molecule is OC(c1cccc(F)c1)c1cc(Cl)sc1Cl. The van der Waals surface area contributed by atoms with Crippen molar-refractivity contribution in [1.82, 2.24) is 0 Å². The van der Waals surface area contributed by atoms with E-state index in [1.807, 2.05) is 0 Å². The lowest BCUT2D eigenvalue weighted by atomic mass is 10.0. The minimum absolute atomic E-state index is 0.394. The molecule has 1 nitrogen and oxygen atoms in total. The van der Waals surface area contributed by atoms with Crippen LogP contribution in [0, 0.1) is 5.82 Å². The lowest BCUT2D eigenvalue weighted by Gasteiger charge is -2.09. The molecule has 2 rings (SSSR count). The molecule has 1 atom stereocenters. The van der Waals surface area contributed by atoms with E-state index in [0.717, 1.165) is 0 Å². The maximum atomic E-state index is 13.0. The summed E-state index contributed by atoms with van der Waals surface area (Å²) in [6, 6.07) is 7.35. The molecule has 1 N–H and O–H groups in total. The fourth-order valence-electron chi connectivity index (χ4n) is 1.40. The Morgan fingerprint density at radius 3 is 2.56 bits per heavy atom. The summed E-state index contributed by atoms with van der Waals surface area (Å²) in [6.07, 6.45) is -0.952. The van der Waals surface area contributed by atoms with Crippen LogP contribution in [-0.4, -0.2) is 5.11 Å². The molecule has 84 valence electrons. The van der Waals surface area contributed by atoms with E-state index in [1.54, 1.807) is 12.1 Å². The highest BCUT2D eigenvalue weighted by atomic mass is 35.5. The zero-order valence-electron chi connectivity index (χ0n) is 7.95. The lowest BCUT2D eigenvalue weighted by molar-refractivity contribution is 0.220. The molecular formula is C11H7Cl2FOS. The number of rotatable bonds is 2. The molecule has 16 heavy (non-hydrogen) atoms. The predicted octanol–water partition coefficient (Wildman–Crippen LogP) is 4.28. The van der Waals surface area contributed by atoms with Crippen molar-refractivity contribution < 1.29 is 9.50 Å². The number of hydrogen-bond acceptors (Lipinski definition) is 2. The van der Waals surface area contributed by atoms with Gasteiger partial charge in [-0.2, -0.15) is 0 Å². The summed E-state index contributed by atoms with van der Waals surface area (Å²) in [5.74, 6) is -0.394. The smallest absolute Gasteiger partial charge is 0.123 e. The second-order valence-corrected chi connectivity index (χ2v) is 5.52. The van der Waals surface area contributed by atoms with Crippen molar-refractivity contribution in [1.29, 1.82) is 0 Å². The molecule has 0 aliphatic heterocycles. The quantitative estimate of drug-likeness (QED) is 0.868. The van der Waals surface area contributed by atoms with Gasteiger partial charge in [0.2, 0.25) is 0 Å². The second kappa shape index (κ2) is 4.72. The summed E-state index contributed by atoms with van der Waals surface area (Å²) < 4.78 is 13.9. The number of halogens is 3. The molecule has 0 aliphatic carbocycles. The predicted molar refractivity (Wildman–Crippen MR) is 64.8 cm³/mol. The summed E-state index contributed by atoms with van der Waals surface area (Å²) in [5, 5.41) is 10.0. The van der Waals surface area contributed by atoms with Crippen LogP contribution in [0.4, 0.5) is 4.39 Å².